The molecule has 2 atom stereocenters. The number of carbonyl (C=O) groups is 3. The molecule has 4 aromatic rings. The van der Waals surface area contributed by atoms with Crippen molar-refractivity contribution >= 4 is 29.1 Å². The third kappa shape index (κ3) is 4.30. The fourth-order valence-corrected chi connectivity index (χ4v) is 7.23. The number of carboxylic acids is 1. The molecule has 0 bridgehead atoms. The van der Waals surface area contributed by atoms with E-state index in [1.807, 2.05) is 18.2 Å². The van der Waals surface area contributed by atoms with Crippen LogP contribution in [-0.4, -0.2) is 44.3 Å². The number of fused-ring (bicyclic) bond motifs is 4. The van der Waals surface area contributed by atoms with Crippen molar-refractivity contribution in [2.45, 2.75) is 44.2 Å². The molecule has 0 spiro atoms. The molecular formula is C31H25FN4O4S. The molecule has 1 aliphatic carbocycles. The average molecular weight is 569 g/mol. The number of halogens is 1. The van der Waals surface area contributed by atoms with Crippen molar-refractivity contribution in [1.82, 2.24) is 20.2 Å². The first-order chi connectivity index (χ1) is 19.9. The number of nitrogens with one attached hydrogen (secondary N) is 1. The summed E-state index contributed by atoms with van der Waals surface area (Å²) in [5.41, 5.74) is 4.17. The van der Waals surface area contributed by atoms with E-state index in [1.54, 1.807) is 17.0 Å². The summed E-state index contributed by atoms with van der Waals surface area (Å²) in [6.07, 6.45) is 4.85. The van der Waals surface area contributed by atoms with Gasteiger partial charge in [-0.05, 0) is 54.5 Å². The highest BCUT2D eigenvalue weighted by Crippen LogP contribution is 2.46. The number of aryl methyl sites for hydroxylation is 1. The minimum atomic E-state index is -1.24. The van der Waals surface area contributed by atoms with Crippen LogP contribution < -0.4 is 5.32 Å². The lowest BCUT2D eigenvalue weighted by atomic mass is 9.94. The summed E-state index contributed by atoms with van der Waals surface area (Å²) in [6.45, 7) is 0.573. The Labute approximate surface area is 238 Å². The largest absolute Gasteiger partial charge is 0.478 e. The molecule has 2 aromatic carbocycles. The summed E-state index contributed by atoms with van der Waals surface area (Å²) >= 11 is 1.07. The van der Waals surface area contributed by atoms with Crippen LogP contribution in [0.5, 0.6) is 0 Å². The Hall–Kier alpha value is -4.44. The highest BCUT2D eigenvalue weighted by Gasteiger charge is 2.45. The van der Waals surface area contributed by atoms with Gasteiger partial charge in [0.1, 0.15) is 15.7 Å². The lowest BCUT2D eigenvalue weighted by Crippen LogP contribution is -2.26. The predicted molar refractivity (Wildman–Crippen MR) is 149 cm³/mol. The Kier molecular flexibility index (Phi) is 6.15. The van der Waals surface area contributed by atoms with E-state index < -0.39 is 11.8 Å². The molecule has 0 radical (unpaired) electrons. The molecule has 2 aromatic heterocycles. The van der Waals surface area contributed by atoms with Gasteiger partial charge in [0.05, 0.1) is 40.8 Å². The lowest BCUT2D eigenvalue weighted by molar-refractivity contribution is 0.0695. The monoisotopic (exact) mass is 568 g/mol. The van der Waals surface area contributed by atoms with Gasteiger partial charge in [-0.25, -0.2) is 14.2 Å². The quantitative estimate of drug-likeness (QED) is 0.325. The zero-order valence-corrected chi connectivity index (χ0v) is 22.7. The fourth-order valence-electron chi connectivity index (χ4n) is 6.35. The molecule has 1 fully saturated rings. The van der Waals surface area contributed by atoms with E-state index in [1.165, 1.54) is 23.9 Å². The maximum absolute atomic E-state index is 13.6. The number of thiazole rings is 1. The number of carboxylic acid groups (broad SMARTS) is 1. The first-order valence-electron chi connectivity index (χ1n) is 13.6. The van der Waals surface area contributed by atoms with Gasteiger partial charge in [-0.3, -0.25) is 14.6 Å². The van der Waals surface area contributed by atoms with Crippen molar-refractivity contribution in [2.24, 2.45) is 0 Å². The second-order valence-electron chi connectivity index (χ2n) is 10.6. The highest BCUT2D eigenvalue weighted by atomic mass is 32.1. The molecule has 7 rings (SSSR count). The smallest absolute Gasteiger partial charge is 0.338 e. The SMILES string of the molecule is O=C(N[C@@H]1CCc2ccccc21)c1cnc(-c2c(C(=O)O)c(Cc3ccc(F)cc3)nc3c2C(=O)N2CCC[C@@H]32)s1. The Morgan fingerprint density at radius 3 is 2.71 bits per heavy atom. The second kappa shape index (κ2) is 9.88. The van der Waals surface area contributed by atoms with Crippen molar-refractivity contribution in [3.63, 3.8) is 0 Å². The molecule has 0 saturated carbocycles. The predicted octanol–water partition coefficient (Wildman–Crippen LogP) is 5.34. The normalized spacial score (nSPS) is 18.8. The van der Waals surface area contributed by atoms with Crippen LogP contribution in [0.15, 0.2) is 54.7 Å². The minimum absolute atomic E-state index is 0.111. The zero-order chi connectivity index (χ0) is 28.2. The fraction of sp³-hybridized carbons (Fsp3) is 0.258. The summed E-state index contributed by atoms with van der Waals surface area (Å²) < 4.78 is 13.6. The number of carbonyl (C=O) groups excluding carboxylic acids is 2. The first kappa shape index (κ1) is 25.5. The van der Waals surface area contributed by atoms with E-state index in [4.69, 9.17) is 4.98 Å². The van der Waals surface area contributed by atoms with E-state index in [0.717, 1.165) is 42.6 Å². The Morgan fingerprint density at radius 2 is 1.90 bits per heavy atom. The number of hydrogen-bond acceptors (Lipinski definition) is 6. The van der Waals surface area contributed by atoms with E-state index >= 15 is 0 Å². The van der Waals surface area contributed by atoms with Crippen LogP contribution in [0.2, 0.25) is 0 Å². The third-order valence-corrected chi connectivity index (χ3v) is 9.24. The number of rotatable bonds is 6. The highest BCUT2D eigenvalue weighted by molar-refractivity contribution is 7.17. The topological polar surface area (TPSA) is 112 Å². The van der Waals surface area contributed by atoms with Gasteiger partial charge >= 0.3 is 5.97 Å². The van der Waals surface area contributed by atoms with E-state index in [-0.39, 0.29) is 57.7 Å². The van der Waals surface area contributed by atoms with Gasteiger partial charge in [0.2, 0.25) is 0 Å². The molecule has 3 aliphatic rings. The molecule has 0 unspecified atom stereocenters. The maximum Gasteiger partial charge on any atom is 0.338 e. The Morgan fingerprint density at radius 1 is 1.10 bits per heavy atom. The van der Waals surface area contributed by atoms with Crippen LogP contribution in [0, 0.1) is 5.82 Å². The maximum atomic E-state index is 13.6. The summed E-state index contributed by atoms with van der Waals surface area (Å²) in [5.74, 6) is -2.19. The molecule has 206 valence electrons. The molecular weight excluding hydrogens is 543 g/mol. The van der Waals surface area contributed by atoms with Gasteiger partial charge < -0.3 is 15.3 Å². The first-order valence-corrected chi connectivity index (χ1v) is 14.4. The third-order valence-electron chi connectivity index (χ3n) is 8.22. The molecule has 8 nitrogen and oxygen atoms in total. The molecule has 1 saturated heterocycles. The number of benzene rings is 2. The molecule has 10 heteroatoms. The summed E-state index contributed by atoms with van der Waals surface area (Å²) in [5, 5.41) is 13.8. The van der Waals surface area contributed by atoms with Crippen LogP contribution in [0.25, 0.3) is 10.6 Å². The average Bonchev–Trinajstić information content (AvgIpc) is 3.76. The standard InChI is InChI=1S/C31H25FN4O4S/c32-18-10-7-16(8-11-18)14-21-24(31(39)40)25(26-27(34-21)22-6-3-13-36(22)30(26)38)29-33-15-23(41-29)28(37)35-20-12-9-17-4-1-2-5-19(17)20/h1-2,4-5,7-8,10-11,15,20,22H,3,6,9,12-14H2,(H,35,37)(H,39,40)/t20-,22+/m1/s1. The van der Waals surface area contributed by atoms with Crippen molar-refractivity contribution in [2.75, 3.05) is 6.54 Å². The van der Waals surface area contributed by atoms with Gasteiger partial charge in [0, 0.05) is 18.5 Å². The number of nitrogens with zero attached hydrogens (tertiary/aromatic N) is 3. The van der Waals surface area contributed by atoms with Crippen molar-refractivity contribution < 1.29 is 23.9 Å². The van der Waals surface area contributed by atoms with Gasteiger partial charge in [-0.2, -0.15) is 0 Å². The van der Waals surface area contributed by atoms with Crippen LogP contribution in [0.3, 0.4) is 0 Å². The zero-order valence-electron chi connectivity index (χ0n) is 21.9. The van der Waals surface area contributed by atoms with Crippen molar-refractivity contribution in [3.8, 4) is 10.6 Å². The second-order valence-corrected chi connectivity index (χ2v) is 11.7. The van der Waals surface area contributed by atoms with Crippen LogP contribution in [0.4, 0.5) is 4.39 Å². The lowest BCUT2D eigenvalue weighted by Gasteiger charge is -2.15. The van der Waals surface area contributed by atoms with Gasteiger partial charge in [-0.1, -0.05) is 36.4 Å². The molecule has 4 heterocycles. The molecule has 2 aliphatic heterocycles. The van der Waals surface area contributed by atoms with Crippen molar-refractivity contribution in [3.05, 3.63) is 105 Å². The number of aromatic carboxylic acids is 1. The van der Waals surface area contributed by atoms with Crippen molar-refractivity contribution in [1.29, 1.82) is 0 Å². The van der Waals surface area contributed by atoms with Crippen LogP contribution >= 0.6 is 11.3 Å². The summed E-state index contributed by atoms with van der Waals surface area (Å²) in [6, 6.07) is 13.5. The minimum Gasteiger partial charge on any atom is -0.478 e. The van der Waals surface area contributed by atoms with E-state index in [9.17, 15) is 23.9 Å². The number of amides is 2. The molecule has 41 heavy (non-hydrogen) atoms. The van der Waals surface area contributed by atoms with Crippen LogP contribution in [0.1, 0.15) is 89.8 Å². The summed E-state index contributed by atoms with van der Waals surface area (Å²) in [7, 11) is 0. The van der Waals surface area contributed by atoms with Gasteiger partial charge in [0.15, 0.2) is 0 Å². The van der Waals surface area contributed by atoms with E-state index in [0.29, 0.717) is 22.7 Å². The Balaban J connectivity index is 1.31. The number of hydrogen-bond donors (Lipinski definition) is 2. The van der Waals surface area contributed by atoms with Gasteiger partial charge in [-0.15, -0.1) is 11.3 Å². The molecule has 2 N–H and O–H groups in total. The van der Waals surface area contributed by atoms with E-state index in [2.05, 4.69) is 16.4 Å². The van der Waals surface area contributed by atoms with Crippen LogP contribution in [-0.2, 0) is 12.8 Å². The Bertz CT molecular complexity index is 1730. The molecule has 2 amide bonds. The number of pyridine rings is 1. The van der Waals surface area contributed by atoms with Gasteiger partial charge in [0.25, 0.3) is 11.8 Å². The number of aromatic nitrogens is 2. The summed E-state index contributed by atoms with van der Waals surface area (Å²) in [4.78, 5) is 51.0.